The summed E-state index contributed by atoms with van der Waals surface area (Å²) in [5.41, 5.74) is 2.74. The third-order valence-corrected chi connectivity index (χ3v) is 7.06. The number of carbonyl (C=O) groups excluding carboxylic acids is 2. The van der Waals surface area contributed by atoms with Gasteiger partial charge >= 0.3 is 5.97 Å². The number of rotatable bonds is 9. The van der Waals surface area contributed by atoms with Crippen LogP contribution >= 0.6 is 0 Å². The Bertz CT molecular complexity index is 1030. The van der Waals surface area contributed by atoms with Crippen LogP contribution in [0.15, 0.2) is 47.4 Å². The fourth-order valence-electron chi connectivity index (χ4n) is 3.01. The number of hydrogen-bond acceptors (Lipinski definition) is 5. The van der Waals surface area contributed by atoms with Gasteiger partial charge in [-0.15, -0.1) is 0 Å². The number of sulfonamides is 1. The molecule has 2 rings (SSSR count). The number of amides is 1. The highest BCUT2D eigenvalue weighted by molar-refractivity contribution is 7.89. The molecule has 0 saturated carbocycles. The molecule has 31 heavy (non-hydrogen) atoms. The minimum Gasteiger partial charge on any atom is -0.449 e. The highest BCUT2D eigenvalue weighted by atomic mass is 32.2. The molecule has 7 nitrogen and oxygen atoms in total. The van der Waals surface area contributed by atoms with Crippen LogP contribution in [0.3, 0.4) is 0 Å². The molecule has 0 heterocycles. The number of carbonyl (C=O) groups is 2. The Morgan fingerprint density at radius 2 is 1.65 bits per heavy atom. The van der Waals surface area contributed by atoms with Crippen LogP contribution in [0.25, 0.3) is 0 Å². The molecule has 0 aliphatic carbocycles. The maximum atomic E-state index is 12.8. The molecule has 0 radical (unpaired) electrons. The fourth-order valence-corrected chi connectivity index (χ4v) is 4.50. The van der Waals surface area contributed by atoms with Gasteiger partial charge in [-0.3, -0.25) is 4.79 Å². The van der Waals surface area contributed by atoms with Gasteiger partial charge < -0.3 is 10.1 Å². The Balaban J connectivity index is 2.10. The molecule has 8 heteroatoms. The first-order valence-electron chi connectivity index (χ1n) is 10.2. The van der Waals surface area contributed by atoms with Gasteiger partial charge in [0.05, 0.1) is 10.5 Å². The second-order valence-electron chi connectivity index (χ2n) is 7.32. The molecular weight excluding hydrogens is 416 g/mol. The van der Waals surface area contributed by atoms with Gasteiger partial charge in [0.15, 0.2) is 6.10 Å². The number of ether oxygens (including phenoxy) is 1. The van der Waals surface area contributed by atoms with Crippen LogP contribution < -0.4 is 5.32 Å². The summed E-state index contributed by atoms with van der Waals surface area (Å²) in [7, 11) is -3.71. The Labute approximate surface area is 184 Å². The maximum Gasteiger partial charge on any atom is 0.339 e. The van der Waals surface area contributed by atoms with E-state index in [1.807, 2.05) is 31.2 Å². The number of nitrogens with zero attached hydrogens (tertiary/aromatic N) is 1. The molecule has 0 saturated heterocycles. The standard InChI is InChI=1S/C23H30N2O5S/c1-6-25(7-2)31(28,29)20-13-10-17(4)21(14-20)23(27)30-18(5)22(26)24-15-19-11-8-16(3)9-12-19/h8-14,18H,6-7,15H2,1-5H3,(H,24,26). The normalized spacial score (nSPS) is 12.5. The first-order valence-corrected chi connectivity index (χ1v) is 11.7. The molecule has 0 fully saturated rings. The number of hydrogen-bond donors (Lipinski definition) is 1. The molecular formula is C23H30N2O5S. The molecule has 2 aromatic rings. The number of benzene rings is 2. The zero-order valence-electron chi connectivity index (χ0n) is 18.6. The van der Waals surface area contributed by atoms with Crippen LogP contribution in [0, 0.1) is 13.8 Å². The highest BCUT2D eigenvalue weighted by Gasteiger charge is 2.25. The van der Waals surface area contributed by atoms with E-state index >= 15 is 0 Å². The smallest absolute Gasteiger partial charge is 0.339 e. The van der Waals surface area contributed by atoms with Crippen molar-refractivity contribution < 1.29 is 22.7 Å². The van der Waals surface area contributed by atoms with E-state index in [0.717, 1.165) is 11.1 Å². The van der Waals surface area contributed by atoms with Crippen LogP contribution in [-0.4, -0.2) is 43.8 Å². The number of nitrogens with one attached hydrogen (secondary N) is 1. The summed E-state index contributed by atoms with van der Waals surface area (Å²) in [6, 6.07) is 12.1. The van der Waals surface area contributed by atoms with Crippen molar-refractivity contribution in [3.05, 3.63) is 64.7 Å². The topological polar surface area (TPSA) is 92.8 Å². The Hall–Kier alpha value is -2.71. The van der Waals surface area contributed by atoms with E-state index in [9.17, 15) is 18.0 Å². The predicted molar refractivity (Wildman–Crippen MR) is 119 cm³/mol. The molecule has 1 amide bonds. The van der Waals surface area contributed by atoms with Crippen molar-refractivity contribution in [3.8, 4) is 0 Å². The van der Waals surface area contributed by atoms with Gasteiger partial charge in [-0.2, -0.15) is 4.31 Å². The molecule has 0 bridgehead atoms. The Morgan fingerprint density at radius 3 is 2.23 bits per heavy atom. The summed E-state index contributed by atoms with van der Waals surface area (Å²) in [5.74, 6) is -1.18. The van der Waals surface area contributed by atoms with E-state index in [0.29, 0.717) is 25.2 Å². The van der Waals surface area contributed by atoms with Crippen LogP contribution in [0.1, 0.15) is 47.8 Å². The molecule has 0 aromatic heterocycles. The highest BCUT2D eigenvalue weighted by Crippen LogP contribution is 2.20. The van der Waals surface area contributed by atoms with Gasteiger partial charge in [-0.1, -0.05) is 49.7 Å². The lowest BCUT2D eigenvalue weighted by molar-refractivity contribution is -0.129. The van der Waals surface area contributed by atoms with E-state index < -0.39 is 28.0 Å². The second kappa shape index (κ2) is 10.5. The summed E-state index contributed by atoms with van der Waals surface area (Å²) in [5, 5.41) is 2.74. The first-order chi connectivity index (χ1) is 14.6. The molecule has 1 unspecified atom stereocenters. The lowest BCUT2D eigenvalue weighted by Gasteiger charge is -2.19. The summed E-state index contributed by atoms with van der Waals surface area (Å²) in [6.07, 6.45) is -1.03. The van der Waals surface area contributed by atoms with Crippen molar-refractivity contribution in [2.45, 2.75) is 52.2 Å². The van der Waals surface area contributed by atoms with Gasteiger partial charge in [-0.05, 0) is 44.0 Å². The Kier molecular flexibility index (Phi) is 8.36. The molecule has 1 N–H and O–H groups in total. The van der Waals surface area contributed by atoms with Gasteiger partial charge in [0.1, 0.15) is 0 Å². The summed E-state index contributed by atoms with van der Waals surface area (Å²) >= 11 is 0. The molecule has 0 aliphatic rings. The third kappa shape index (κ3) is 6.15. The van der Waals surface area contributed by atoms with Crippen LogP contribution in [-0.2, 0) is 26.1 Å². The van der Waals surface area contributed by atoms with E-state index in [1.54, 1.807) is 26.8 Å². The summed E-state index contributed by atoms with van der Waals surface area (Å²) in [6.45, 7) is 9.62. The minimum atomic E-state index is -3.71. The molecule has 1 atom stereocenters. The van der Waals surface area contributed by atoms with Crippen molar-refractivity contribution in [1.82, 2.24) is 9.62 Å². The van der Waals surface area contributed by atoms with E-state index in [2.05, 4.69) is 5.32 Å². The van der Waals surface area contributed by atoms with Crippen molar-refractivity contribution in [2.24, 2.45) is 0 Å². The van der Waals surface area contributed by atoms with E-state index in [1.165, 1.54) is 23.4 Å². The summed E-state index contributed by atoms with van der Waals surface area (Å²) in [4.78, 5) is 25.0. The van der Waals surface area contributed by atoms with Gasteiger partial charge in [0.2, 0.25) is 10.0 Å². The molecule has 168 valence electrons. The van der Waals surface area contributed by atoms with Crippen molar-refractivity contribution in [2.75, 3.05) is 13.1 Å². The lowest BCUT2D eigenvalue weighted by Crippen LogP contribution is -2.35. The monoisotopic (exact) mass is 446 g/mol. The van der Waals surface area contributed by atoms with E-state index in [4.69, 9.17) is 4.74 Å². The number of aryl methyl sites for hydroxylation is 2. The van der Waals surface area contributed by atoms with Crippen molar-refractivity contribution >= 4 is 21.9 Å². The predicted octanol–water partition coefficient (Wildman–Crippen LogP) is 3.20. The zero-order chi connectivity index (χ0) is 23.2. The SMILES string of the molecule is CCN(CC)S(=O)(=O)c1ccc(C)c(C(=O)OC(C)C(=O)NCc2ccc(C)cc2)c1. The lowest BCUT2D eigenvalue weighted by atomic mass is 10.1. The van der Waals surface area contributed by atoms with Crippen LogP contribution in [0.4, 0.5) is 0 Å². The van der Waals surface area contributed by atoms with Crippen LogP contribution in [0.5, 0.6) is 0 Å². The quantitative estimate of drug-likeness (QED) is 0.597. The van der Waals surface area contributed by atoms with Crippen molar-refractivity contribution in [3.63, 3.8) is 0 Å². The maximum absolute atomic E-state index is 12.8. The third-order valence-electron chi connectivity index (χ3n) is 5.01. The Morgan fingerprint density at radius 1 is 1.03 bits per heavy atom. The van der Waals surface area contributed by atoms with E-state index in [-0.39, 0.29) is 10.5 Å². The first kappa shape index (κ1) is 24.6. The van der Waals surface area contributed by atoms with Crippen LogP contribution in [0.2, 0.25) is 0 Å². The minimum absolute atomic E-state index is 0.0187. The zero-order valence-corrected chi connectivity index (χ0v) is 19.5. The molecule has 0 aliphatic heterocycles. The largest absolute Gasteiger partial charge is 0.449 e. The fraction of sp³-hybridized carbons (Fsp3) is 0.391. The average Bonchev–Trinajstić information content (AvgIpc) is 2.73. The number of esters is 1. The molecule has 2 aromatic carbocycles. The summed E-state index contributed by atoms with van der Waals surface area (Å²) < 4.78 is 32.1. The van der Waals surface area contributed by atoms with Gasteiger partial charge in [0.25, 0.3) is 5.91 Å². The van der Waals surface area contributed by atoms with Gasteiger partial charge in [-0.25, -0.2) is 13.2 Å². The molecule has 0 spiro atoms. The average molecular weight is 447 g/mol. The van der Waals surface area contributed by atoms with Gasteiger partial charge in [0, 0.05) is 19.6 Å². The van der Waals surface area contributed by atoms with Crippen molar-refractivity contribution in [1.29, 1.82) is 0 Å². The second-order valence-corrected chi connectivity index (χ2v) is 9.25.